The SMILES string of the molecule is CSc1ccc(C(=O)NCC2CCCCC2)cc1[N+](=O)[O-]. The summed E-state index contributed by atoms with van der Waals surface area (Å²) in [5.41, 5.74) is 0.350. The number of carbonyl (C=O) groups excluding carboxylic acids is 1. The van der Waals surface area contributed by atoms with Crippen LogP contribution in [0.5, 0.6) is 0 Å². The fourth-order valence-electron chi connectivity index (χ4n) is 2.70. The Kier molecular flexibility index (Phi) is 5.61. The molecule has 2 rings (SSSR count). The van der Waals surface area contributed by atoms with Crippen molar-refractivity contribution in [2.45, 2.75) is 37.0 Å². The van der Waals surface area contributed by atoms with Gasteiger partial charge in [0.15, 0.2) is 0 Å². The van der Waals surface area contributed by atoms with Crippen LogP contribution >= 0.6 is 11.8 Å². The number of benzene rings is 1. The molecule has 21 heavy (non-hydrogen) atoms. The maximum atomic E-state index is 12.1. The zero-order valence-electron chi connectivity index (χ0n) is 12.1. The molecule has 1 aliphatic rings. The van der Waals surface area contributed by atoms with Gasteiger partial charge in [-0.3, -0.25) is 14.9 Å². The molecule has 0 radical (unpaired) electrons. The van der Waals surface area contributed by atoms with E-state index in [1.807, 2.05) is 0 Å². The Labute approximate surface area is 128 Å². The van der Waals surface area contributed by atoms with Crippen LogP contribution in [-0.4, -0.2) is 23.6 Å². The molecule has 1 aromatic carbocycles. The van der Waals surface area contributed by atoms with Crippen molar-refractivity contribution in [2.24, 2.45) is 5.92 Å². The van der Waals surface area contributed by atoms with E-state index in [2.05, 4.69) is 5.32 Å². The van der Waals surface area contributed by atoms with Crippen LogP contribution in [-0.2, 0) is 0 Å². The summed E-state index contributed by atoms with van der Waals surface area (Å²) in [6, 6.07) is 4.65. The second-order valence-electron chi connectivity index (χ2n) is 5.36. The first kappa shape index (κ1) is 15.8. The van der Waals surface area contributed by atoms with Crippen molar-refractivity contribution in [3.05, 3.63) is 33.9 Å². The smallest absolute Gasteiger partial charge is 0.283 e. The van der Waals surface area contributed by atoms with Crippen LogP contribution in [0.4, 0.5) is 5.69 Å². The second kappa shape index (κ2) is 7.45. The first-order valence-electron chi connectivity index (χ1n) is 7.22. The van der Waals surface area contributed by atoms with Crippen molar-refractivity contribution < 1.29 is 9.72 Å². The fourth-order valence-corrected chi connectivity index (χ4v) is 3.25. The molecule has 0 atom stereocenters. The third-order valence-electron chi connectivity index (χ3n) is 3.91. The van der Waals surface area contributed by atoms with Crippen LogP contribution in [0.15, 0.2) is 23.1 Å². The molecule has 1 saturated carbocycles. The van der Waals surface area contributed by atoms with Crippen LogP contribution in [0.25, 0.3) is 0 Å². The van der Waals surface area contributed by atoms with E-state index in [1.165, 1.54) is 37.1 Å². The Morgan fingerprint density at radius 2 is 2.10 bits per heavy atom. The molecule has 0 heterocycles. The second-order valence-corrected chi connectivity index (χ2v) is 6.21. The highest BCUT2D eigenvalue weighted by molar-refractivity contribution is 7.98. The molecule has 0 aliphatic heterocycles. The van der Waals surface area contributed by atoms with Gasteiger partial charge in [0.2, 0.25) is 0 Å². The number of hydrogen-bond acceptors (Lipinski definition) is 4. The van der Waals surface area contributed by atoms with Crippen molar-refractivity contribution in [1.82, 2.24) is 5.32 Å². The van der Waals surface area contributed by atoms with Crippen LogP contribution in [0.1, 0.15) is 42.5 Å². The van der Waals surface area contributed by atoms with Gasteiger partial charge in [0.05, 0.1) is 9.82 Å². The molecular formula is C15H20N2O3S. The van der Waals surface area contributed by atoms with Crippen molar-refractivity contribution in [1.29, 1.82) is 0 Å². The molecule has 1 aromatic rings. The summed E-state index contributed by atoms with van der Waals surface area (Å²) >= 11 is 1.31. The van der Waals surface area contributed by atoms with Gasteiger partial charge in [-0.2, -0.15) is 0 Å². The van der Waals surface area contributed by atoms with Gasteiger partial charge in [0.1, 0.15) is 0 Å². The predicted octanol–water partition coefficient (Wildman–Crippen LogP) is 3.63. The molecule has 6 heteroatoms. The summed E-state index contributed by atoms with van der Waals surface area (Å²) in [5, 5.41) is 13.9. The Bertz CT molecular complexity index is 528. The van der Waals surface area contributed by atoms with Gasteiger partial charge in [-0.1, -0.05) is 19.3 Å². The van der Waals surface area contributed by atoms with E-state index in [9.17, 15) is 14.9 Å². The van der Waals surface area contributed by atoms with Crippen LogP contribution in [0.3, 0.4) is 0 Å². The number of nitro groups is 1. The molecule has 0 unspecified atom stereocenters. The van der Waals surface area contributed by atoms with Crippen LogP contribution < -0.4 is 5.32 Å². The molecule has 0 aromatic heterocycles. The predicted molar refractivity (Wildman–Crippen MR) is 83.8 cm³/mol. The van der Waals surface area contributed by atoms with Crippen molar-refractivity contribution >= 4 is 23.4 Å². The van der Waals surface area contributed by atoms with E-state index in [0.717, 1.165) is 12.8 Å². The Morgan fingerprint density at radius 1 is 1.38 bits per heavy atom. The van der Waals surface area contributed by atoms with Gasteiger partial charge >= 0.3 is 0 Å². The number of carbonyl (C=O) groups is 1. The molecule has 1 N–H and O–H groups in total. The molecule has 1 aliphatic carbocycles. The molecule has 5 nitrogen and oxygen atoms in total. The van der Waals surface area contributed by atoms with Crippen molar-refractivity contribution in [3.8, 4) is 0 Å². The number of hydrogen-bond donors (Lipinski definition) is 1. The third-order valence-corrected chi connectivity index (χ3v) is 4.70. The lowest BCUT2D eigenvalue weighted by molar-refractivity contribution is -0.387. The van der Waals surface area contributed by atoms with Crippen LogP contribution in [0.2, 0.25) is 0 Å². The summed E-state index contributed by atoms with van der Waals surface area (Å²) in [5.74, 6) is 0.319. The minimum Gasteiger partial charge on any atom is -0.352 e. The highest BCUT2D eigenvalue weighted by Gasteiger charge is 2.18. The highest BCUT2D eigenvalue weighted by atomic mass is 32.2. The normalized spacial score (nSPS) is 15.7. The summed E-state index contributed by atoms with van der Waals surface area (Å²) < 4.78 is 0. The van der Waals surface area contributed by atoms with E-state index < -0.39 is 4.92 Å². The first-order chi connectivity index (χ1) is 10.1. The number of nitrogens with one attached hydrogen (secondary N) is 1. The molecule has 1 fully saturated rings. The maximum Gasteiger partial charge on any atom is 0.283 e. The quantitative estimate of drug-likeness (QED) is 0.512. The van der Waals surface area contributed by atoms with E-state index in [1.54, 1.807) is 18.4 Å². The number of nitrogens with zero attached hydrogens (tertiary/aromatic N) is 1. The molecule has 0 saturated heterocycles. The van der Waals surface area contributed by atoms with E-state index >= 15 is 0 Å². The highest BCUT2D eigenvalue weighted by Crippen LogP contribution is 2.28. The lowest BCUT2D eigenvalue weighted by Crippen LogP contribution is -2.30. The summed E-state index contributed by atoms with van der Waals surface area (Å²) in [6.07, 6.45) is 7.85. The monoisotopic (exact) mass is 308 g/mol. The molecule has 1 amide bonds. The fraction of sp³-hybridized carbons (Fsp3) is 0.533. The van der Waals surface area contributed by atoms with Gasteiger partial charge in [0, 0.05) is 18.2 Å². The van der Waals surface area contributed by atoms with Crippen LogP contribution in [0, 0.1) is 16.0 Å². The van der Waals surface area contributed by atoms with Crippen molar-refractivity contribution in [3.63, 3.8) is 0 Å². The molecule has 0 spiro atoms. The summed E-state index contributed by atoms with van der Waals surface area (Å²) in [4.78, 5) is 23.3. The van der Waals surface area contributed by atoms with Gasteiger partial charge in [-0.15, -0.1) is 11.8 Å². The molecule has 0 bridgehead atoms. The Hall–Kier alpha value is -1.56. The number of amides is 1. The van der Waals surface area contributed by atoms with E-state index in [4.69, 9.17) is 0 Å². The Morgan fingerprint density at radius 3 is 2.71 bits per heavy atom. The number of nitro benzene ring substituents is 1. The topological polar surface area (TPSA) is 72.2 Å². The lowest BCUT2D eigenvalue weighted by Gasteiger charge is -2.21. The molecular weight excluding hydrogens is 288 g/mol. The first-order valence-corrected chi connectivity index (χ1v) is 8.45. The molecule has 114 valence electrons. The van der Waals surface area contributed by atoms with Gasteiger partial charge < -0.3 is 5.32 Å². The average Bonchev–Trinajstić information content (AvgIpc) is 2.52. The average molecular weight is 308 g/mol. The summed E-state index contributed by atoms with van der Waals surface area (Å²) in [6.45, 7) is 0.664. The summed E-state index contributed by atoms with van der Waals surface area (Å²) in [7, 11) is 0. The van der Waals surface area contributed by atoms with Crippen molar-refractivity contribution in [2.75, 3.05) is 12.8 Å². The standard InChI is InChI=1S/C15H20N2O3S/c1-21-14-8-7-12(9-13(14)17(19)20)15(18)16-10-11-5-3-2-4-6-11/h7-9,11H,2-6,10H2,1H3,(H,16,18). The Balaban J connectivity index is 2.01. The number of rotatable bonds is 5. The largest absolute Gasteiger partial charge is 0.352 e. The van der Waals surface area contributed by atoms with Gasteiger partial charge in [-0.05, 0) is 37.1 Å². The van der Waals surface area contributed by atoms with Gasteiger partial charge in [0.25, 0.3) is 11.6 Å². The number of thioether (sulfide) groups is 1. The van der Waals surface area contributed by atoms with E-state index in [0.29, 0.717) is 22.9 Å². The zero-order valence-corrected chi connectivity index (χ0v) is 12.9. The third kappa shape index (κ3) is 4.20. The van der Waals surface area contributed by atoms with Gasteiger partial charge in [-0.25, -0.2) is 0 Å². The van der Waals surface area contributed by atoms with E-state index in [-0.39, 0.29) is 11.6 Å². The minimum atomic E-state index is -0.441. The zero-order chi connectivity index (χ0) is 15.2. The maximum absolute atomic E-state index is 12.1. The lowest BCUT2D eigenvalue weighted by atomic mass is 9.89. The minimum absolute atomic E-state index is 0.00665.